The van der Waals surface area contributed by atoms with Gasteiger partial charge in [0.15, 0.2) is 5.78 Å². The zero-order valence-corrected chi connectivity index (χ0v) is 12.4. The molecule has 1 aromatic rings. The molecular weight excluding hydrogens is 240 g/mol. The lowest BCUT2D eigenvalue weighted by Crippen LogP contribution is -2.44. The van der Waals surface area contributed by atoms with Crippen LogP contribution in [0.1, 0.15) is 41.5 Å². The maximum atomic E-state index is 12.3. The molecule has 0 spiro atoms. The molecule has 0 amide bonds. The highest BCUT2D eigenvalue weighted by atomic mass is 16.3. The molecule has 4 heteroatoms. The van der Waals surface area contributed by atoms with E-state index in [1.807, 2.05) is 38.5 Å². The molecule has 1 saturated heterocycles. The van der Waals surface area contributed by atoms with Crippen molar-refractivity contribution in [2.24, 2.45) is 7.05 Å². The van der Waals surface area contributed by atoms with Gasteiger partial charge in [0.2, 0.25) is 0 Å². The number of Topliss-reactive ketones (excluding diaryl/α,β-unsaturated/α-hetero) is 1. The summed E-state index contributed by atoms with van der Waals surface area (Å²) in [7, 11) is 1.99. The smallest absolute Gasteiger partial charge is 0.178 e. The van der Waals surface area contributed by atoms with Crippen LogP contribution in [0.4, 0.5) is 0 Å². The summed E-state index contributed by atoms with van der Waals surface area (Å²) in [6.07, 6.45) is 1.49. The van der Waals surface area contributed by atoms with Crippen LogP contribution in [0.5, 0.6) is 0 Å². The first-order chi connectivity index (χ1) is 8.80. The van der Waals surface area contributed by atoms with Gasteiger partial charge in [0.25, 0.3) is 0 Å². The van der Waals surface area contributed by atoms with E-state index in [2.05, 4.69) is 4.90 Å². The van der Waals surface area contributed by atoms with Gasteiger partial charge in [0.05, 0.1) is 12.1 Å². The molecule has 1 aliphatic heterocycles. The molecular formula is C15H24N2O2. The number of rotatable bonds is 3. The number of aryl methyl sites for hydroxylation is 1. The molecule has 0 saturated carbocycles. The first-order valence-corrected chi connectivity index (χ1v) is 6.91. The number of hydrogen-bond acceptors (Lipinski definition) is 3. The van der Waals surface area contributed by atoms with E-state index >= 15 is 0 Å². The Kier molecular flexibility index (Phi) is 3.83. The molecule has 1 aliphatic rings. The van der Waals surface area contributed by atoms with E-state index in [0.717, 1.165) is 42.9 Å². The van der Waals surface area contributed by atoms with Crippen LogP contribution >= 0.6 is 0 Å². The van der Waals surface area contributed by atoms with Crippen LogP contribution in [0.25, 0.3) is 0 Å². The van der Waals surface area contributed by atoms with Gasteiger partial charge in [-0.25, -0.2) is 0 Å². The quantitative estimate of drug-likeness (QED) is 0.845. The summed E-state index contributed by atoms with van der Waals surface area (Å²) in [5.74, 6) is 0.183. The fourth-order valence-corrected chi connectivity index (χ4v) is 2.62. The van der Waals surface area contributed by atoms with Crippen molar-refractivity contribution >= 4 is 5.78 Å². The predicted octanol–water partition coefficient (Wildman–Crippen LogP) is 1.67. The van der Waals surface area contributed by atoms with Crippen molar-refractivity contribution in [3.8, 4) is 0 Å². The normalized spacial score (nSPS) is 19.6. The number of aliphatic hydroxyl groups is 1. The highest BCUT2D eigenvalue weighted by molar-refractivity contribution is 5.99. The Hall–Kier alpha value is -1.13. The van der Waals surface area contributed by atoms with Gasteiger partial charge in [0.1, 0.15) is 0 Å². The zero-order chi connectivity index (χ0) is 14.2. The second kappa shape index (κ2) is 5.10. The molecule has 106 valence electrons. The Morgan fingerprint density at radius 3 is 2.42 bits per heavy atom. The fourth-order valence-electron chi connectivity index (χ4n) is 2.62. The summed E-state index contributed by atoms with van der Waals surface area (Å²) in [5, 5.41) is 9.91. The Bertz CT molecular complexity index is 479. The number of carbonyl (C=O) groups excluding carboxylic acids is 1. The lowest BCUT2D eigenvalue weighted by atomic mass is 9.93. The number of carbonyl (C=O) groups is 1. The summed E-state index contributed by atoms with van der Waals surface area (Å²) >= 11 is 0. The van der Waals surface area contributed by atoms with E-state index in [-0.39, 0.29) is 5.78 Å². The zero-order valence-electron chi connectivity index (χ0n) is 12.4. The third-order valence-electron chi connectivity index (χ3n) is 4.38. The van der Waals surface area contributed by atoms with Gasteiger partial charge in [0, 0.05) is 37.1 Å². The molecule has 1 N–H and O–H groups in total. The van der Waals surface area contributed by atoms with Crippen molar-refractivity contribution in [2.45, 2.75) is 39.2 Å². The average Bonchev–Trinajstić information content (AvgIpc) is 2.60. The van der Waals surface area contributed by atoms with E-state index < -0.39 is 5.60 Å². The summed E-state index contributed by atoms with van der Waals surface area (Å²) in [6.45, 7) is 7.92. The summed E-state index contributed by atoms with van der Waals surface area (Å²) in [4.78, 5) is 14.5. The van der Waals surface area contributed by atoms with Crippen molar-refractivity contribution < 1.29 is 9.90 Å². The molecule has 0 bridgehead atoms. The summed E-state index contributed by atoms with van der Waals surface area (Å²) in [5.41, 5.74) is 2.42. The highest BCUT2D eigenvalue weighted by Crippen LogP contribution is 2.22. The number of hydrogen-bond donors (Lipinski definition) is 1. The lowest BCUT2D eigenvalue weighted by Gasteiger charge is -2.35. The Morgan fingerprint density at radius 2 is 1.95 bits per heavy atom. The second-order valence-corrected chi connectivity index (χ2v) is 6.04. The molecule has 0 radical (unpaired) electrons. The Morgan fingerprint density at radius 1 is 1.37 bits per heavy atom. The van der Waals surface area contributed by atoms with Crippen LogP contribution in [0.3, 0.4) is 0 Å². The topological polar surface area (TPSA) is 45.5 Å². The van der Waals surface area contributed by atoms with Crippen molar-refractivity contribution in [1.29, 1.82) is 0 Å². The van der Waals surface area contributed by atoms with Crippen LogP contribution in [-0.2, 0) is 7.05 Å². The number of aromatic nitrogens is 1. The molecule has 2 rings (SSSR count). The van der Waals surface area contributed by atoms with Gasteiger partial charge in [-0.1, -0.05) is 0 Å². The molecule has 0 unspecified atom stereocenters. The van der Waals surface area contributed by atoms with Crippen LogP contribution in [0.2, 0.25) is 0 Å². The molecule has 2 heterocycles. The van der Waals surface area contributed by atoms with E-state index in [1.165, 1.54) is 0 Å². The van der Waals surface area contributed by atoms with Gasteiger partial charge in [-0.3, -0.25) is 9.69 Å². The average molecular weight is 264 g/mol. The maximum Gasteiger partial charge on any atom is 0.178 e. The Balaban J connectivity index is 2.00. The molecule has 19 heavy (non-hydrogen) atoms. The largest absolute Gasteiger partial charge is 0.390 e. The van der Waals surface area contributed by atoms with E-state index in [9.17, 15) is 9.90 Å². The molecule has 0 aliphatic carbocycles. The molecule has 0 aromatic carbocycles. The number of nitrogens with zero attached hydrogens (tertiary/aromatic N) is 2. The van der Waals surface area contributed by atoms with Gasteiger partial charge < -0.3 is 9.67 Å². The summed E-state index contributed by atoms with van der Waals surface area (Å²) < 4.78 is 2.05. The third-order valence-corrected chi connectivity index (χ3v) is 4.38. The SMILES string of the molecule is Cc1cc(C(=O)CN2CCC(C)(O)CC2)c(C)n1C. The van der Waals surface area contributed by atoms with Crippen molar-refractivity contribution in [2.75, 3.05) is 19.6 Å². The van der Waals surface area contributed by atoms with Crippen LogP contribution < -0.4 is 0 Å². The van der Waals surface area contributed by atoms with Gasteiger partial charge >= 0.3 is 0 Å². The number of ketones is 1. The maximum absolute atomic E-state index is 12.3. The minimum atomic E-state index is -0.557. The summed E-state index contributed by atoms with van der Waals surface area (Å²) in [6, 6.07) is 1.97. The van der Waals surface area contributed by atoms with Crippen molar-refractivity contribution in [3.63, 3.8) is 0 Å². The van der Waals surface area contributed by atoms with Gasteiger partial charge in [-0.05, 0) is 39.7 Å². The van der Waals surface area contributed by atoms with Crippen LogP contribution in [-0.4, -0.2) is 45.6 Å². The highest BCUT2D eigenvalue weighted by Gasteiger charge is 2.28. The molecule has 0 atom stereocenters. The first-order valence-electron chi connectivity index (χ1n) is 6.91. The van der Waals surface area contributed by atoms with E-state index in [4.69, 9.17) is 0 Å². The molecule has 1 fully saturated rings. The molecule has 4 nitrogen and oxygen atoms in total. The second-order valence-electron chi connectivity index (χ2n) is 6.04. The Labute approximate surface area is 115 Å². The monoisotopic (exact) mass is 264 g/mol. The number of likely N-dealkylation sites (tertiary alicyclic amines) is 1. The standard InChI is InChI=1S/C15H24N2O2/c1-11-9-13(12(2)16(11)4)14(18)10-17-7-5-15(3,19)6-8-17/h9,19H,5-8,10H2,1-4H3. The van der Waals surface area contributed by atoms with Crippen LogP contribution in [0.15, 0.2) is 6.07 Å². The number of piperidine rings is 1. The third kappa shape index (κ3) is 3.07. The van der Waals surface area contributed by atoms with Crippen molar-refractivity contribution in [1.82, 2.24) is 9.47 Å². The van der Waals surface area contributed by atoms with Crippen molar-refractivity contribution in [3.05, 3.63) is 23.0 Å². The van der Waals surface area contributed by atoms with Gasteiger partial charge in [-0.15, -0.1) is 0 Å². The van der Waals surface area contributed by atoms with Crippen LogP contribution in [0, 0.1) is 13.8 Å². The minimum absolute atomic E-state index is 0.183. The van der Waals surface area contributed by atoms with E-state index in [0.29, 0.717) is 6.54 Å². The van der Waals surface area contributed by atoms with Gasteiger partial charge in [-0.2, -0.15) is 0 Å². The molecule has 1 aromatic heterocycles. The predicted molar refractivity (Wildman–Crippen MR) is 75.5 cm³/mol. The lowest BCUT2D eigenvalue weighted by molar-refractivity contribution is -0.00420. The minimum Gasteiger partial charge on any atom is -0.390 e. The van der Waals surface area contributed by atoms with E-state index in [1.54, 1.807) is 0 Å². The fraction of sp³-hybridized carbons (Fsp3) is 0.667. The first kappa shape index (κ1) is 14.3.